The van der Waals surface area contributed by atoms with Crippen LogP contribution in [0.5, 0.6) is 5.75 Å². The molecule has 0 radical (unpaired) electrons. The van der Waals surface area contributed by atoms with Crippen LogP contribution in [0.3, 0.4) is 0 Å². The van der Waals surface area contributed by atoms with E-state index in [4.69, 9.17) is 15.4 Å². The largest absolute Gasteiger partial charge is 0.493 e. The van der Waals surface area contributed by atoms with E-state index in [0.717, 1.165) is 49.8 Å². The predicted molar refractivity (Wildman–Crippen MR) is 86.4 cm³/mol. The first-order valence-corrected chi connectivity index (χ1v) is 9.99. The number of rotatable bonds is 5. The van der Waals surface area contributed by atoms with E-state index < -0.39 is 9.05 Å². The van der Waals surface area contributed by atoms with Crippen molar-refractivity contribution in [3.05, 3.63) is 29.8 Å². The monoisotopic (exact) mass is 330 g/mol. The van der Waals surface area contributed by atoms with Gasteiger partial charge in [0.25, 0.3) is 0 Å². The topological polar surface area (TPSA) is 43.4 Å². The second-order valence-corrected chi connectivity index (χ2v) is 8.93. The average Bonchev–Trinajstić information content (AvgIpc) is 2.62. The lowest BCUT2D eigenvalue weighted by atomic mass is 9.83. The molecule has 0 heterocycles. The smallest absolute Gasteiger partial charge is 0.233 e. The maximum atomic E-state index is 11.6. The number of hydrogen-bond donors (Lipinski definition) is 0. The Hall–Kier alpha value is -0.740. The third kappa shape index (κ3) is 5.19. The van der Waals surface area contributed by atoms with Gasteiger partial charge in [-0.2, -0.15) is 0 Å². The third-order valence-corrected chi connectivity index (χ3v) is 5.55. The van der Waals surface area contributed by atoms with Crippen molar-refractivity contribution < 1.29 is 13.2 Å². The van der Waals surface area contributed by atoms with E-state index in [1.165, 1.54) is 0 Å². The van der Waals surface area contributed by atoms with Gasteiger partial charge in [0.2, 0.25) is 9.05 Å². The Morgan fingerprint density at radius 2 is 1.76 bits per heavy atom. The van der Waals surface area contributed by atoms with Crippen molar-refractivity contribution in [2.24, 2.45) is 5.41 Å². The second kappa shape index (κ2) is 7.01. The molecule has 0 atom stereocenters. The van der Waals surface area contributed by atoms with E-state index in [1.807, 2.05) is 31.2 Å². The standard InChI is InChI=1S/C16H23ClO3S/c1-14-8-4-5-9-15(14)20-12-16(13-21(17,18)19)10-6-2-3-7-11-16/h4-5,8-9H,2-3,6-7,10-13H2,1H3. The summed E-state index contributed by atoms with van der Waals surface area (Å²) in [5, 5.41) is 0. The average molecular weight is 331 g/mol. The molecule has 1 saturated carbocycles. The van der Waals surface area contributed by atoms with Crippen molar-refractivity contribution in [3.8, 4) is 5.75 Å². The maximum absolute atomic E-state index is 11.6. The van der Waals surface area contributed by atoms with Gasteiger partial charge in [0.1, 0.15) is 5.75 Å². The molecule has 0 saturated heterocycles. The van der Waals surface area contributed by atoms with E-state index in [-0.39, 0.29) is 11.2 Å². The van der Waals surface area contributed by atoms with Crippen LogP contribution in [0.2, 0.25) is 0 Å². The highest BCUT2D eigenvalue weighted by Gasteiger charge is 2.36. The van der Waals surface area contributed by atoms with Gasteiger partial charge in [0.15, 0.2) is 0 Å². The van der Waals surface area contributed by atoms with Gasteiger partial charge in [-0.05, 0) is 31.4 Å². The van der Waals surface area contributed by atoms with Gasteiger partial charge >= 0.3 is 0 Å². The zero-order valence-corrected chi connectivity index (χ0v) is 14.0. The van der Waals surface area contributed by atoms with Crippen LogP contribution in [-0.4, -0.2) is 20.8 Å². The fraction of sp³-hybridized carbons (Fsp3) is 0.625. The molecule has 0 bridgehead atoms. The van der Waals surface area contributed by atoms with Gasteiger partial charge in [-0.3, -0.25) is 0 Å². The Morgan fingerprint density at radius 1 is 1.14 bits per heavy atom. The Kier molecular flexibility index (Phi) is 5.55. The Balaban J connectivity index is 2.14. The Morgan fingerprint density at radius 3 is 2.33 bits per heavy atom. The molecule has 21 heavy (non-hydrogen) atoms. The molecule has 1 aromatic carbocycles. The van der Waals surface area contributed by atoms with Crippen molar-refractivity contribution >= 4 is 19.7 Å². The summed E-state index contributed by atoms with van der Waals surface area (Å²) in [7, 11) is 2.02. The van der Waals surface area contributed by atoms with Gasteiger partial charge in [-0.1, -0.05) is 43.9 Å². The quantitative estimate of drug-likeness (QED) is 0.597. The molecular formula is C16H23ClO3S. The maximum Gasteiger partial charge on any atom is 0.233 e. The van der Waals surface area contributed by atoms with Gasteiger partial charge in [-0.15, -0.1) is 0 Å². The second-order valence-electron chi connectivity index (χ2n) is 6.15. The molecule has 1 aliphatic rings. The first-order valence-electron chi connectivity index (χ1n) is 7.51. The fourth-order valence-electron chi connectivity index (χ4n) is 3.12. The molecule has 118 valence electrons. The lowest BCUT2D eigenvalue weighted by Crippen LogP contribution is -2.34. The normalized spacial score (nSPS) is 19.0. The minimum Gasteiger partial charge on any atom is -0.493 e. The molecule has 5 heteroatoms. The summed E-state index contributed by atoms with van der Waals surface area (Å²) >= 11 is 0. The summed E-state index contributed by atoms with van der Waals surface area (Å²) in [5.41, 5.74) is 0.717. The Bertz CT molecular complexity index is 561. The van der Waals surface area contributed by atoms with Crippen molar-refractivity contribution in [2.45, 2.75) is 45.4 Å². The zero-order chi connectivity index (χ0) is 15.3. The molecular weight excluding hydrogens is 308 g/mol. The zero-order valence-electron chi connectivity index (χ0n) is 12.5. The Labute approximate surface area is 132 Å². The predicted octanol–water partition coefficient (Wildman–Crippen LogP) is 4.28. The van der Waals surface area contributed by atoms with Crippen molar-refractivity contribution in [1.82, 2.24) is 0 Å². The van der Waals surface area contributed by atoms with E-state index in [2.05, 4.69) is 0 Å². The molecule has 0 aromatic heterocycles. The van der Waals surface area contributed by atoms with E-state index >= 15 is 0 Å². The lowest BCUT2D eigenvalue weighted by Gasteiger charge is -2.31. The van der Waals surface area contributed by atoms with Gasteiger partial charge in [0.05, 0.1) is 12.4 Å². The first kappa shape index (κ1) is 16.6. The first-order chi connectivity index (χ1) is 9.90. The number of hydrogen-bond acceptors (Lipinski definition) is 3. The van der Waals surface area contributed by atoms with Gasteiger partial charge in [-0.25, -0.2) is 8.42 Å². The van der Waals surface area contributed by atoms with Crippen LogP contribution in [0, 0.1) is 12.3 Å². The van der Waals surface area contributed by atoms with Crippen molar-refractivity contribution in [3.63, 3.8) is 0 Å². The molecule has 0 amide bonds. The van der Waals surface area contributed by atoms with Gasteiger partial charge in [0, 0.05) is 16.1 Å². The van der Waals surface area contributed by atoms with Crippen LogP contribution in [-0.2, 0) is 9.05 Å². The van der Waals surface area contributed by atoms with E-state index in [1.54, 1.807) is 0 Å². The number of benzene rings is 1. The summed E-state index contributed by atoms with van der Waals surface area (Å²) < 4.78 is 29.2. The van der Waals surface area contributed by atoms with Crippen LogP contribution < -0.4 is 4.74 Å². The van der Waals surface area contributed by atoms with Crippen LogP contribution in [0.25, 0.3) is 0 Å². The summed E-state index contributed by atoms with van der Waals surface area (Å²) in [4.78, 5) is 0. The number of halogens is 1. The molecule has 1 aliphatic carbocycles. The minimum absolute atomic E-state index is 0.00738. The minimum atomic E-state index is -3.52. The van der Waals surface area contributed by atoms with Crippen LogP contribution >= 0.6 is 10.7 Å². The highest BCUT2D eigenvalue weighted by atomic mass is 35.7. The van der Waals surface area contributed by atoms with Gasteiger partial charge < -0.3 is 4.74 Å². The number of ether oxygens (including phenoxy) is 1. The number of para-hydroxylation sites is 1. The third-order valence-electron chi connectivity index (χ3n) is 4.27. The van der Waals surface area contributed by atoms with Crippen LogP contribution in [0.1, 0.15) is 44.1 Å². The molecule has 3 nitrogen and oxygen atoms in total. The van der Waals surface area contributed by atoms with E-state index in [9.17, 15) is 8.42 Å². The highest BCUT2D eigenvalue weighted by molar-refractivity contribution is 8.13. The molecule has 0 aliphatic heterocycles. The number of aryl methyl sites for hydroxylation is 1. The molecule has 0 spiro atoms. The molecule has 2 rings (SSSR count). The van der Waals surface area contributed by atoms with Crippen LogP contribution in [0.15, 0.2) is 24.3 Å². The van der Waals surface area contributed by atoms with E-state index in [0.29, 0.717) is 6.61 Å². The van der Waals surface area contributed by atoms with Crippen molar-refractivity contribution in [2.75, 3.05) is 12.4 Å². The molecule has 1 fully saturated rings. The molecule has 0 unspecified atom stereocenters. The van der Waals surface area contributed by atoms with Crippen LogP contribution in [0.4, 0.5) is 0 Å². The summed E-state index contributed by atoms with van der Waals surface area (Å²) in [6.07, 6.45) is 6.14. The summed E-state index contributed by atoms with van der Waals surface area (Å²) in [6.45, 7) is 2.41. The summed E-state index contributed by atoms with van der Waals surface area (Å²) in [6, 6.07) is 7.82. The summed E-state index contributed by atoms with van der Waals surface area (Å²) in [5.74, 6) is 0.834. The lowest BCUT2D eigenvalue weighted by molar-refractivity contribution is 0.145. The fourth-order valence-corrected chi connectivity index (χ4v) is 4.92. The SMILES string of the molecule is Cc1ccccc1OCC1(CS(=O)(=O)Cl)CCCCCC1. The highest BCUT2D eigenvalue weighted by Crippen LogP contribution is 2.38. The van der Waals surface area contributed by atoms with Crippen molar-refractivity contribution in [1.29, 1.82) is 0 Å². The molecule has 0 N–H and O–H groups in total. The molecule has 1 aromatic rings.